The maximum absolute atomic E-state index is 12.5. The molecule has 0 unspecified atom stereocenters. The molecular weight excluding hydrogens is 290 g/mol. The summed E-state index contributed by atoms with van der Waals surface area (Å²) in [7, 11) is -3.62. The van der Waals surface area contributed by atoms with Gasteiger partial charge in [0.15, 0.2) is 0 Å². The molecule has 0 bridgehead atoms. The third-order valence-corrected chi connectivity index (χ3v) is 5.08. The minimum atomic E-state index is -3.62. The molecule has 0 aliphatic carbocycles. The standard InChI is InChI=1S/C14H19N3O3S/c1-8-5-12(15)6-9(2)14(8)21(18,19)16-7-13-10(3)17-20-11(13)4/h5-6,16H,7,15H2,1-4H3. The number of nitrogen functional groups attached to an aromatic ring is 1. The summed E-state index contributed by atoms with van der Waals surface area (Å²) in [5.74, 6) is 0.612. The van der Waals surface area contributed by atoms with E-state index < -0.39 is 10.0 Å². The number of sulfonamides is 1. The van der Waals surface area contributed by atoms with Gasteiger partial charge in [-0.1, -0.05) is 5.16 Å². The maximum atomic E-state index is 12.5. The summed E-state index contributed by atoms with van der Waals surface area (Å²) < 4.78 is 32.6. The van der Waals surface area contributed by atoms with Crippen LogP contribution in [0.3, 0.4) is 0 Å². The Labute approximate surface area is 124 Å². The zero-order chi connectivity index (χ0) is 15.8. The van der Waals surface area contributed by atoms with Gasteiger partial charge in [-0.05, 0) is 51.0 Å². The lowest BCUT2D eigenvalue weighted by atomic mass is 10.1. The van der Waals surface area contributed by atoms with Gasteiger partial charge in [0.2, 0.25) is 10.0 Å². The first kappa shape index (κ1) is 15.5. The van der Waals surface area contributed by atoms with E-state index in [0.29, 0.717) is 28.3 Å². The van der Waals surface area contributed by atoms with Crippen molar-refractivity contribution >= 4 is 15.7 Å². The van der Waals surface area contributed by atoms with E-state index in [0.717, 1.165) is 5.56 Å². The molecule has 0 radical (unpaired) electrons. The molecule has 6 nitrogen and oxygen atoms in total. The van der Waals surface area contributed by atoms with Gasteiger partial charge in [0.1, 0.15) is 5.76 Å². The molecule has 2 aromatic rings. The number of hydrogen-bond donors (Lipinski definition) is 2. The lowest BCUT2D eigenvalue weighted by Gasteiger charge is -2.13. The number of benzene rings is 1. The Balaban J connectivity index is 2.32. The maximum Gasteiger partial charge on any atom is 0.241 e. The molecule has 0 aliphatic heterocycles. The van der Waals surface area contributed by atoms with E-state index in [9.17, 15) is 8.42 Å². The molecule has 1 aromatic heterocycles. The molecular formula is C14H19N3O3S. The van der Waals surface area contributed by atoms with Crippen LogP contribution < -0.4 is 10.5 Å². The van der Waals surface area contributed by atoms with Gasteiger partial charge in [-0.25, -0.2) is 13.1 Å². The summed E-state index contributed by atoms with van der Waals surface area (Å²) in [5.41, 5.74) is 8.96. The van der Waals surface area contributed by atoms with Gasteiger partial charge in [0.25, 0.3) is 0 Å². The topological polar surface area (TPSA) is 98.2 Å². The second-order valence-corrected chi connectivity index (χ2v) is 6.81. The van der Waals surface area contributed by atoms with Gasteiger partial charge in [-0.15, -0.1) is 0 Å². The first-order chi connectivity index (χ1) is 9.72. The molecule has 3 N–H and O–H groups in total. The Kier molecular flexibility index (Phi) is 4.06. The van der Waals surface area contributed by atoms with E-state index in [2.05, 4.69) is 9.88 Å². The van der Waals surface area contributed by atoms with Crippen LogP contribution in [0.25, 0.3) is 0 Å². The SMILES string of the molecule is Cc1cc(N)cc(C)c1S(=O)(=O)NCc1c(C)noc1C. The fourth-order valence-corrected chi connectivity index (χ4v) is 3.85. The smallest absolute Gasteiger partial charge is 0.241 e. The van der Waals surface area contributed by atoms with Crippen molar-refractivity contribution < 1.29 is 12.9 Å². The van der Waals surface area contributed by atoms with Crippen LogP contribution in [0.15, 0.2) is 21.6 Å². The van der Waals surface area contributed by atoms with Gasteiger partial charge in [-0.2, -0.15) is 0 Å². The Hall–Kier alpha value is -1.86. The van der Waals surface area contributed by atoms with Crippen LogP contribution in [-0.2, 0) is 16.6 Å². The van der Waals surface area contributed by atoms with Crippen molar-refractivity contribution in [2.45, 2.75) is 39.1 Å². The van der Waals surface area contributed by atoms with Gasteiger partial charge < -0.3 is 10.3 Å². The van der Waals surface area contributed by atoms with E-state index in [1.54, 1.807) is 39.8 Å². The highest BCUT2D eigenvalue weighted by atomic mass is 32.2. The number of nitrogens with two attached hydrogens (primary N) is 1. The molecule has 0 fully saturated rings. The van der Waals surface area contributed by atoms with Crippen LogP contribution >= 0.6 is 0 Å². The summed E-state index contributed by atoms with van der Waals surface area (Å²) in [4.78, 5) is 0.267. The molecule has 1 heterocycles. The molecule has 114 valence electrons. The Morgan fingerprint density at radius 3 is 2.24 bits per heavy atom. The number of aryl methyl sites for hydroxylation is 4. The molecule has 2 rings (SSSR count). The van der Waals surface area contributed by atoms with Gasteiger partial charge >= 0.3 is 0 Å². The summed E-state index contributed by atoms with van der Waals surface area (Å²) in [6.45, 7) is 7.14. The molecule has 1 aromatic carbocycles. The van der Waals surface area contributed by atoms with Crippen LogP contribution in [0.1, 0.15) is 28.1 Å². The monoisotopic (exact) mass is 309 g/mol. The lowest BCUT2D eigenvalue weighted by molar-refractivity contribution is 0.392. The largest absolute Gasteiger partial charge is 0.399 e. The first-order valence-electron chi connectivity index (χ1n) is 6.50. The zero-order valence-corrected chi connectivity index (χ0v) is 13.3. The summed E-state index contributed by atoms with van der Waals surface area (Å²) in [6.07, 6.45) is 0. The second-order valence-electron chi connectivity index (χ2n) is 5.11. The minimum absolute atomic E-state index is 0.146. The fraction of sp³-hybridized carbons (Fsp3) is 0.357. The average Bonchev–Trinajstić information content (AvgIpc) is 2.65. The molecule has 0 spiro atoms. The van der Waals surface area contributed by atoms with Gasteiger partial charge in [0, 0.05) is 17.8 Å². The first-order valence-corrected chi connectivity index (χ1v) is 7.99. The number of nitrogens with one attached hydrogen (secondary N) is 1. The van der Waals surface area contributed by atoms with Crippen molar-refractivity contribution in [3.05, 3.63) is 40.3 Å². The predicted octanol–water partition coefficient (Wildman–Crippen LogP) is 1.97. The zero-order valence-electron chi connectivity index (χ0n) is 12.5. The summed E-state index contributed by atoms with van der Waals surface area (Å²) in [6, 6.07) is 3.30. The number of rotatable bonds is 4. The average molecular weight is 309 g/mol. The van der Waals surface area contributed by atoms with Crippen LogP contribution in [0, 0.1) is 27.7 Å². The molecule has 0 amide bonds. The predicted molar refractivity (Wildman–Crippen MR) is 80.3 cm³/mol. The number of hydrogen-bond acceptors (Lipinski definition) is 5. The van der Waals surface area contributed by atoms with Crippen molar-refractivity contribution in [1.29, 1.82) is 0 Å². The highest BCUT2D eigenvalue weighted by Crippen LogP contribution is 2.23. The van der Waals surface area contributed by atoms with E-state index in [-0.39, 0.29) is 11.4 Å². The molecule has 0 aliphatic rings. The van der Waals surface area contributed by atoms with Crippen LogP contribution in [0.5, 0.6) is 0 Å². The van der Waals surface area contributed by atoms with Crippen LogP contribution in [0.4, 0.5) is 5.69 Å². The van der Waals surface area contributed by atoms with Crippen LogP contribution in [-0.4, -0.2) is 13.6 Å². The third kappa shape index (κ3) is 3.08. The van der Waals surface area contributed by atoms with E-state index >= 15 is 0 Å². The molecule has 21 heavy (non-hydrogen) atoms. The second kappa shape index (κ2) is 5.50. The lowest BCUT2D eigenvalue weighted by Crippen LogP contribution is -2.25. The molecule has 0 atom stereocenters. The number of nitrogens with zero attached hydrogens (tertiary/aromatic N) is 1. The third-order valence-electron chi connectivity index (χ3n) is 3.37. The Morgan fingerprint density at radius 1 is 1.19 bits per heavy atom. The van der Waals surface area contributed by atoms with Crippen molar-refractivity contribution in [2.24, 2.45) is 0 Å². The van der Waals surface area contributed by atoms with Crippen LogP contribution in [0.2, 0.25) is 0 Å². The Morgan fingerprint density at radius 2 is 1.76 bits per heavy atom. The van der Waals surface area contributed by atoms with Gasteiger partial charge in [0.05, 0.1) is 10.6 Å². The summed E-state index contributed by atoms with van der Waals surface area (Å²) in [5, 5.41) is 3.81. The fourth-order valence-electron chi connectivity index (χ4n) is 2.40. The van der Waals surface area contributed by atoms with Gasteiger partial charge in [-0.3, -0.25) is 0 Å². The molecule has 0 saturated heterocycles. The van der Waals surface area contributed by atoms with E-state index in [1.807, 2.05) is 0 Å². The van der Waals surface area contributed by atoms with Crippen molar-refractivity contribution in [3.63, 3.8) is 0 Å². The van der Waals surface area contributed by atoms with Crippen molar-refractivity contribution in [3.8, 4) is 0 Å². The number of aromatic nitrogens is 1. The molecule has 7 heteroatoms. The Bertz CT molecular complexity index is 736. The van der Waals surface area contributed by atoms with E-state index in [1.165, 1.54) is 0 Å². The highest BCUT2D eigenvalue weighted by molar-refractivity contribution is 7.89. The highest BCUT2D eigenvalue weighted by Gasteiger charge is 2.21. The molecule has 0 saturated carbocycles. The van der Waals surface area contributed by atoms with E-state index in [4.69, 9.17) is 10.3 Å². The van der Waals surface area contributed by atoms with Crippen molar-refractivity contribution in [1.82, 2.24) is 9.88 Å². The minimum Gasteiger partial charge on any atom is -0.399 e. The number of anilines is 1. The van der Waals surface area contributed by atoms with Crippen molar-refractivity contribution in [2.75, 3.05) is 5.73 Å². The summed E-state index contributed by atoms with van der Waals surface area (Å²) >= 11 is 0. The normalized spacial score (nSPS) is 11.8. The quantitative estimate of drug-likeness (QED) is 0.841.